The van der Waals surface area contributed by atoms with Crippen LogP contribution in [0.25, 0.3) is 0 Å². The van der Waals surface area contributed by atoms with Gasteiger partial charge < -0.3 is 10.0 Å². The molecule has 4 nitrogen and oxygen atoms in total. The average molecular weight is 475 g/mol. The number of nitrogens with zero attached hydrogens (tertiary/aromatic N) is 2. The Balaban J connectivity index is 1.31. The number of rotatable bonds is 5. The fourth-order valence-corrected chi connectivity index (χ4v) is 5.92. The van der Waals surface area contributed by atoms with E-state index in [1.165, 1.54) is 5.56 Å². The van der Waals surface area contributed by atoms with Crippen LogP contribution in [0.15, 0.2) is 78.9 Å². The van der Waals surface area contributed by atoms with Gasteiger partial charge in [-0.05, 0) is 54.7 Å². The molecule has 2 atom stereocenters. The summed E-state index contributed by atoms with van der Waals surface area (Å²) in [5.41, 5.74) is 4.19. The Hall–Kier alpha value is -2.66. The standard InChI is InChI=1S/C29H31ClN2O2/c1-21(33)22-11-13-24(14-12-22)28(34)31-17-15-29(16-18-31)20-32(19-25-9-5-6-10-26(25)30)27(29)23-7-3-2-4-8-23/h2-14,21,27,33H,15-20H2,1H3. The van der Waals surface area contributed by atoms with Crippen LogP contribution >= 0.6 is 11.6 Å². The third-order valence-corrected chi connectivity index (χ3v) is 7.96. The number of piperidine rings is 1. The molecule has 2 saturated heterocycles. The van der Waals surface area contributed by atoms with Crippen LogP contribution < -0.4 is 0 Å². The van der Waals surface area contributed by atoms with Crippen molar-refractivity contribution in [3.8, 4) is 0 Å². The lowest BCUT2D eigenvalue weighted by Crippen LogP contribution is -2.62. The zero-order chi connectivity index (χ0) is 23.7. The first kappa shape index (κ1) is 23.1. The fourth-order valence-electron chi connectivity index (χ4n) is 5.72. The Morgan fingerprint density at radius 3 is 2.29 bits per heavy atom. The van der Waals surface area contributed by atoms with E-state index in [2.05, 4.69) is 41.3 Å². The van der Waals surface area contributed by atoms with E-state index in [1.807, 2.05) is 47.4 Å². The van der Waals surface area contributed by atoms with Crippen LogP contribution in [-0.2, 0) is 6.54 Å². The minimum absolute atomic E-state index is 0.0792. The second kappa shape index (κ2) is 9.53. The zero-order valence-corrected chi connectivity index (χ0v) is 20.3. The van der Waals surface area contributed by atoms with Gasteiger partial charge in [0.15, 0.2) is 0 Å². The van der Waals surface area contributed by atoms with Gasteiger partial charge in [0.05, 0.1) is 6.10 Å². The van der Waals surface area contributed by atoms with Crippen LogP contribution in [0.4, 0.5) is 0 Å². The molecule has 5 rings (SSSR count). The number of likely N-dealkylation sites (tertiary alicyclic amines) is 2. The van der Waals surface area contributed by atoms with Gasteiger partial charge in [-0.2, -0.15) is 0 Å². The molecule has 176 valence electrons. The van der Waals surface area contributed by atoms with Gasteiger partial charge in [0, 0.05) is 48.2 Å². The highest BCUT2D eigenvalue weighted by molar-refractivity contribution is 6.31. The lowest BCUT2D eigenvalue weighted by atomic mass is 9.63. The molecule has 2 fully saturated rings. The molecule has 34 heavy (non-hydrogen) atoms. The van der Waals surface area contributed by atoms with Crippen molar-refractivity contribution in [2.45, 2.75) is 38.5 Å². The van der Waals surface area contributed by atoms with Crippen molar-refractivity contribution < 1.29 is 9.90 Å². The third kappa shape index (κ3) is 4.38. The normalized spacial score (nSPS) is 20.7. The van der Waals surface area contributed by atoms with Crippen LogP contribution in [-0.4, -0.2) is 40.4 Å². The summed E-state index contributed by atoms with van der Waals surface area (Å²) in [6, 6.07) is 26.5. The summed E-state index contributed by atoms with van der Waals surface area (Å²) < 4.78 is 0. The van der Waals surface area contributed by atoms with Crippen LogP contribution in [0.1, 0.15) is 59.0 Å². The number of hydrogen-bond donors (Lipinski definition) is 1. The fraction of sp³-hybridized carbons (Fsp3) is 0.345. The Morgan fingerprint density at radius 1 is 1.00 bits per heavy atom. The molecule has 1 spiro atoms. The molecular weight excluding hydrogens is 444 g/mol. The van der Waals surface area contributed by atoms with Crippen LogP contribution in [0, 0.1) is 5.41 Å². The summed E-state index contributed by atoms with van der Waals surface area (Å²) in [5, 5.41) is 10.6. The van der Waals surface area contributed by atoms with Gasteiger partial charge in [-0.3, -0.25) is 9.69 Å². The van der Waals surface area contributed by atoms with Crippen molar-refractivity contribution in [3.05, 3.63) is 106 Å². The Labute approximate surface area is 206 Å². The number of benzene rings is 3. The molecule has 2 aliphatic rings. The molecule has 3 aromatic carbocycles. The Bertz CT molecular complexity index is 1140. The molecule has 2 aliphatic heterocycles. The second-order valence-corrected chi connectivity index (χ2v) is 10.2. The highest BCUT2D eigenvalue weighted by Gasteiger charge is 2.54. The van der Waals surface area contributed by atoms with Crippen molar-refractivity contribution in [2.24, 2.45) is 5.41 Å². The molecule has 2 heterocycles. The summed E-state index contributed by atoms with van der Waals surface area (Å²) >= 11 is 6.47. The van der Waals surface area contributed by atoms with Gasteiger partial charge in [0.1, 0.15) is 0 Å². The summed E-state index contributed by atoms with van der Waals surface area (Å²) in [5.74, 6) is 0.0792. The lowest BCUT2D eigenvalue weighted by Gasteiger charge is -2.61. The number of aliphatic hydroxyl groups excluding tert-OH is 1. The zero-order valence-electron chi connectivity index (χ0n) is 19.5. The second-order valence-electron chi connectivity index (χ2n) is 9.76. The average Bonchev–Trinajstić information content (AvgIpc) is 2.85. The maximum absolute atomic E-state index is 13.1. The molecule has 1 amide bonds. The first-order chi connectivity index (χ1) is 16.5. The smallest absolute Gasteiger partial charge is 0.253 e. The number of carbonyl (C=O) groups is 1. The van der Waals surface area contributed by atoms with Crippen molar-refractivity contribution in [3.63, 3.8) is 0 Å². The summed E-state index contributed by atoms with van der Waals surface area (Å²) in [7, 11) is 0. The number of halogens is 1. The van der Waals surface area contributed by atoms with E-state index in [0.29, 0.717) is 11.6 Å². The summed E-state index contributed by atoms with van der Waals surface area (Å²) in [4.78, 5) is 17.6. The number of aliphatic hydroxyl groups is 1. The topological polar surface area (TPSA) is 43.8 Å². The summed E-state index contributed by atoms with van der Waals surface area (Å²) in [6.07, 6.45) is 1.45. The molecular formula is C29H31ClN2O2. The monoisotopic (exact) mass is 474 g/mol. The molecule has 1 N–H and O–H groups in total. The van der Waals surface area contributed by atoms with E-state index >= 15 is 0 Å². The van der Waals surface area contributed by atoms with Crippen LogP contribution in [0.5, 0.6) is 0 Å². The van der Waals surface area contributed by atoms with Crippen LogP contribution in [0.3, 0.4) is 0 Å². The van der Waals surface area contributed by atoms with Crippen molar-refractivity contribution in [2.75, 3.05) is 19.6 Å². The Morgan fingerprint density at radius 2 is 1.65 bits per heavy atom. The molecule has 5 heteroatoms. The largest absolute Gasteiger partial charge is 0.389 e. The van der Waals surface area contributed by atoms with Gasteiger partial charge in [-0.15, -0.1) is 0 Å². The first-order valence-electron chi connectivity index (χ1n) is 12.1. The van der Waals surface area contributed by atoms with E-state index in [9.17, 15) is 9.90 Å². The molecule has 0 bridgehead atoms. The minimum Gasteiger partial charge on any atom is -0.389 e. The maximum Gasteiger partial charge on any atom is 0.253 e. The molecule has 0 aliphatic carbocycles. The first-order valence-corrected chi connectivity index (χ1v) is 12.4. The van der Waals surface area contributed by atoms with E-state index in [0.717, 1.165) is 55.2 Å². The van der Waals surface area contributed by atoms with E-state index in [4.69, 9.17) is 11.6 Å². The molecule has 2 unspecified atom stereocenters. The predicted octanol–water partition coefficient (Wildman–Crippen LogP) is 5.87. The molecule has 0 saturated carbocycles. The van der Waals surface area contributed by atoms with Crippen molar-refractivity contribution in [1.82, 2.24) is 9.80 Å². The van der Waals surface area contributed by atoms with E-state index in [-0.39, 0.29) is 11.3 Å². The highest BCUT2D eigenvalue weighted by atomic mass is 35.5. The lowest BCUT2D eigenvalue weighted by molar-refractivity contribution is -0.113. The van der Waals surface area contributed by atoms with Crippen molar-refractivity contribution >= 4 is 17.5 Å². The molecule has 3 aromatic rings. The quantitative estimate of drug-likeness (QED) is 0.502. The number of amides is 1. The molecule has 0 radical (unpaired) electrons. The SMILES string of the molecule is CC(O)c1ccc(C(=O)N2CCC3(CC2)CN(Cc2ccccc2Cl)C3c2ccccc2)cc1. The maximum atomic E-state index is 13.1. The van der Waals surface area contributed by atoms with E-state index in [1.54, 1.807) is 6.92 Å². The minimum atomic E-state index is -0.527. The van der Waals surface area contributed by atoms with Gasteiger partial charge in [-0.1, -0.05) is 72.3 Å². The predicted molar refractivity (Wildman–Crippen MR) is 136 cm³/mol. The Kier molecular flexibility index (Phi) is 6.48. The van der Waals surface area contributed by atoms with Gasteiger partial charge in [-0.25, -0.2) is 0 Å². The number of hydrogen-bond acceptors (Lipinski definition) is 3. The van der Waals surface area contributed by atoms with Gasteiger partial charge in [0.2, 0.25) is 0 Å². The summed E-state index contributed by atoms with van der Waals surface area (Å²) in [6.45, 7) is 5.11. The highest BCUT2D eigenvalue weighted by Crippen LogP contribution is 2.55. The van der Waals surface area contributed by atoms with Gasteiger partial charge in [0.25, 0.3) is 5.91 Å². The third-order valence-electron chi connectivity index (χ3n) is 7.60. The number of carbonyl (C=O) groups excluding carboxylic acids is 1. The van der Waals surface area contributed by atoms with Crippen LogP contribution in [0.2, 0.25) is 5.02 Å². The van der Waals surface area contributed by atoms with E-state index < -0.39 is 6.10 Å². The van der Waals surface area contributed by atoms with Crippen molar-refractivity contribution in [1.29, 1.82) is 0 Å². The van der Waals surface area contributed by atoms with Gasteiger partial charge >= 0.3 is 0 Å². The molecule has 0 aromatic heterocycles.